The zero-order valence-electron chi connectivity index (χ0n) is 11.4. The molecule has 1 aromatic heterocycles. The molecule has 100 valence electrons. The first kappa shape index (κ1) is 14.0. The molecule has 1 atom stereocenters. The maximum Gasteiger partial charge on any atom is 0.0410 e. The number of rotatable bonds is 3. The van der Waals surface area contributed by atoms with Crippen molar-refractivity contribution in [3.63, 3.8) is 0 Å². The lowest BCUT2D eigenvalue weighted by Gasteiger charge is -2.38. The van der Waals surface area contributed by atoms with Crippen LogP contribution in [-0.2, 0) is 6.42 Å². The molecule has 2 heterocycles. The van der Waals surface area contributed by atoms with Gasteiger partial charge in [-0.3, -0.25) is 4.98 Å². The van der Waals surface area contributed by atoms with Crippen molar-refractivity contribution >= 4 is 15.9 Å². The van der Waals surface area contributed by atoms with Gasteiger partial charge in [-0.2, -0.15) is 0 Å². The van der Waals surface area contributed by atoms with Crippen LogP contribution in [0.1, 0.15) is 45.1 Å². The molecule has 0 bridgehead atoms. The second kappa shape index (κ2) is 6.16. The van der Waals surface area contributed by atoms with Crippen molar-refractivity contribution in [1.29, 1.82) is 0 Å². The van der Waals surface area contributed by atoms with Crippen molar-refractivity contribution in [2.45, 2.75) is 51.5 Å². The summed E-state index contributed by atoms with van der Waals surface area (Å²) in [5.74, 6) is 0.648. The highest BCUT2D eigenvalue weighted by atomic mass is 79.9. The summed E-state index contributed by atoms with van der Waals surface area (Å²) in [6, 6.07) is 2.20. The largest absolute Gasteiger partial charge is 0.311 e. The molecule has 0 radical (unpaired) electrons. The van der Waals surface area contributed by atoms with E-state index in [1.165, 1.54) is 31.2 Å². The summed E-state index contributed by atoms with van der Waals surface area (Å²) in [6.07, 6.45) is 10.2. The molecule has 2 nitrogen and oxygen atoms in total. The Bertz CT molecular complexity index is 382. The fourth-order valence-corrected chi connectivity index (χ4v) is 3.34. The van der Waals surface area contributed by atoms with Crippen molar-refractivity contribution < 1.29 is 0 Å². The third-order valence-electron chi connectivity index (χ3n) is 4.16. The molecule has 18 heavy (non-hydrogen) atoms. The molecule has 1 saturated heterocycles. The van der Waals surface area contributed by atoms with Gasteiger partial charge in [-0.15, -0.1) is 0 Å². The van der Waals surface area contributed by atoms with Gasteiger partial charge in [0.1, 0.15) is 0 Å². The van der Waals surface area contributed by atoms with Gasteiger partial charge in [0.2, 0.25) is 0 Å². The smallest absolute Gasteiger partial charge is 0.0410 e. The average Bonchev–Trinajstić information content (AvgIpc) is 2.55. The maximum absolute atomic E-state index is 4.29. The summed E-state index contributed by atoms with van der Waals surface area (Å²) >= 11 is 3.51. The van der Waals surface area contributed by atoms with Gasteiger partial charge >= 0.3 is 0 Å². The minimum atomic E-state index is 0.249. The Balaban J connectivity index is 2.19. The normalized spacial score (nSPS) is 25.1. The van der Waals surface area contributed by atoms with Crippen molar-refractivity contribution in [1.82, 2.24) is 10.3 Å². The molecular weight excluding hydrogens is 288 g/mol. The predicted molar refractivity (Wildman–Crippen MR) is 79.7 cm³/mol. The SMILES string of the molecule is CC(C)C1(Cc2cncc(Br)c2)CCCCCN1. The summed E-state index contributed by atoms with van der Waals surface area (Å²) in [7, 11) is 0. The first-order valence-corrected chi connectivity index (χ1v) is 7.76. The van der Waals surface area contributed by atoms with Crippen LogP contribution in [0.5, 0.6) is 0 Å². The number of nitrogens with zero attached hydrogens (tertiary/aromatic N) is 1. The van der Waals surface area contributed by atoms with Gasteiger partial charge in [0, 0.05) is 22.4 Å². The number of halogens is 1. The fourth-order valence-electron chi connectivity index (χ4n) is 2.93. The maximum atomic E-state index is 4.29. The predicted octanol–water partition coefficient (Wildman–Crippen LogP) is 3.95. The van der Waals surface area contributed by atoms with E-state index in [-0.39, 0.29) is 5.54 Å². The second-order valence-electron chi connectivity index (χ2n) is 5.74. The van der Waals surface area contributed by atoms with Crippen LogP contribution >= 0.6 is 15.9 Å². The van der Waals surface area contributed by atoms with Gasteiger partial charge in [0.05, 0.1) is 0 Å². The van der Waals surface area contributed by atoms with E-state index in [0.717, 1.165) is 17.4 Å². The standard InChI is InChI=1S/C15H23BrN2/c1-12(2)15(6-4-3-5-7-18-15)9-13-8-14(16)11-17-10-13/h8,10-12,18H,3-7,9H2,1-2H3. The van der Waals surface area contributed by atoms with Crippen LogP contribution in [0.15, 0.2) is 22.9 Å². The van der Waals surface area contributed by atoms with Crippen LogP contribution < -0.4 is 5.32 Å². The molecule has 1 aliphatic heterocycles. The molecule has 3 heteroatoms. The average molecular weight is 311 g/mol. The van der Waals surface area contributed by atoms with E-state index in [1.807, 2.05) is 12.4 Å². The first-order valence-electron chi connectivity index (χ1n) is 6.97. The molecule has 1 fully saturated rings. The molecule has 0 aliphatic carbocycles. The minimum absolute atomic E-state index is 0.249. The monoisotopic (exact) mass is 310 g/mol. The van der Waals surface area contributed by atoms with E-state index >= 15 is 0 Å². The number of hydrogen-bond donors (Lipinski definition) is 1. The summed E-state index contributed by atoms with van der Waals surface area (Å²) in [5, 5.41) is 3.82. The molecule has 0 spiro atoms. The third kappa shape index (κ3) is 3.33. The molecule has 1 N–H and O–H groups in total. The molecular formula is C15H23BrN2. The number of hydrogen-bond acceptors (Lipinski definition) is 2. The lowest BCUT2D eigenvalue weighted by Crippen LogP contribution is -2.51. The van der Waals surface area contributed by atoms with Crippen molar-refractivity contribution in [2.75, 3.05) is 6.54 Å². The quantitative estimate of drug-likeness (QED) is 0.914. The van der Waals surface area contributed by atoms with Gasteiger partial charge < -0.3 is 5.32 Å². The highest BCUT2D eigenvalue weighted by molar-refractivity contribution is 9.10. The van der Waals surface area contributed by atoms with E-state index in [0.29, 0.717) is 5.92 Å². The summed E-state index contributed by atoms with van der Waals surface area (Å²) < 4.78 is 1.08. The van der Waals surface area contributed by atoms with E-state index in [2.05, 4.69) is 46.1 Å². The second-order valence-corrected chi connectivity index (χ2v) is 6.65. The number of nitrogens with one attached hydrogen (secondary N) is 1. The van der Waals surface area contributed by atoms with Crippen molar-refractivity contribution in [3.05, 3.63) is 28.5 Å². The van der Waals surface area contributed by atoms with Crippen LogP contribution in [0.2, 0.25) is 0 Å². The van der Waals surface area contributed by atoms with E-state index in [9.17, 15) is 0 Å². The Morgan fingerprint density at radius 3 is 2.89 bits per heavy atom. The van der Waals surface area contributed by atoms with Crippen LogP contribution in [0.4, 0.5) is 0 Å². The first-order chi connectivity index (χ1) is 8.62. The molecule has 1 unspecified atom stereocenters. The molecule has 0 aromatic carbocycles. The van der Waals surface area contributed by atoms with E-state index in [4.69, 9.17) is 0 Å². The fraction of sp³-hybridized carbons (Fsp3) is 0.667. The highest BCUT2D eigenvalue weighted by Gasteiger charge is 2.34. The third-order valence-corrected chi connectivity index (χ3v) is 4.60. The molecule has 1 aromatic rings. The van der Waals surface area contributed by atoms with Crippen LogP contribution in [0.25, 0.3) is 0 Å². The molecule has 1 aliphatic rings. The van der Waals surface area contributed by atoms with Crippen molar-refractivity contribution in [2.24, 2.45) is 5.92 Å². The highest BCUT2D eigenvalue weighted by Crippen LogP contribution is 2.30. The molecule has 2 rings (SSSR count). The zero-order valence-corrected chi connectivity index (χ0v) is 13.0. The summed E-state index contributed by atoms with van der Waals surface area (Å²) in [6.45, 7) is 5.83. The van der Waals surface area contributed by atoms with Gasteiger partial charge in [-0.05, 0) is 59.3 Å². The van der Waals surface area contributed by atoms with E-state index < -0.39 is 0 Å². The summed E-state index contributed by atoms with van der Waals surface area (Å²) in [5.41, 5.74) is 1.58. The zero-order chi connectivity index (χ0) is 13.0. The summed E-state index contributed by atoms with van der Waals surface area (Å²) in [4.78, 5) is 4.29. The van der Waals surface area contributed by atoms with Gasteiger partial charge in [0.15, 0.2) is 0 Å². The minimum Gasteiger partial charge on any atom is -0.311 e. The Labute approximate surface area is 119 Å². The van der Waals surface area contributed by atoms with E-state index in [1.54, 1.807) is 0 Å². The topological polar surface area (TPSA) is 24.9 Å². The number of pyridine rings is 1. The molecule has 0 amide bonds. The van der Waals surface area contributed by atoms with Crippen LogP contribution in [0, 0.1) is 5.92 Å². The Morgan fingerprint density at radius 2 is 2.17 bits per heavy atom. The van der Waals surface area contributed by atoms with Gasteiger partial charge in [-0.25, -0.2) is 0 Å². The van der Waals surface area contributed by atoms with Crippen LogP contribution in [0.3, 0.4) is 0 Å². The van der Waals surface area contributed by atoms with Gasteiger partial charge in [0.25, 0.3) is 0 Å². The lowest BCUT2D eigenvalue weighted by atomic mass is 9.78. The lowest BCUT2D eigenvalue weighted by molar-refractivity contribution is 0.225. The Hall–Kier alpha value is -0.410. The Morgan fingerprint density at radius 1 is 1.33 bits per heavy atom. The van der Waals surface area contributed by atoms with Crippen LogP contribution in [-0.4, -0.2) is 17.1 Å². The van der Waals surface area contributed by atoms with Gasteiger partial charge in [-0.1, -0.05) is 26.7 Å². The Kier molecular flexibility index (Phi) is 4.79. The molecule has 0 saturated carbocycles. The van der Waals surface area contributed by atoms with Crippen molar-refractivity contribution in [3.8, 4) is 0 Å². The number of aromatic nitrogens is 1.